The molecule has 35 heavy (non-hydrogen) atoms. The normalized spacial score (nSPS) is 13.2. The van der Waals surface area contributed by atoms with Crippen LogP contribution < -0.4 is 4.74 Å². The van der Waals surface area contributed by atoms with E-state index in [1.165, 1.54) is 22.3 Å². The van der Waals surface area contributed by atoms with Crippen molar-refractivity contribution in [1.29, 1.82) is 0 Å². The van der Waals surface area contributed by atoms with E-state index < -0.39 is 6.10 Å². The topological polar surface area (TPSA) is 44.8 Å². The van der Waals surface area contributed by atoms with E-state index in [1.54, 1.807) is 0 Å². The Bertz CT molecular complexity index is 1040. The van der Waals surface area contributed by atoms with E-state index in [4.69, 9.17) is 14.2 Å². The molecule has 184 valence electrons. The standard InChI is InChI=1S/C31H36O4/c1-3-20-35-30(31(32)33-4-2)22-23-16-18-24(19-17-23)34-21-10-9-15-29-27-13-7-5-11-25(27)26-12-6-8-14-28(26)29/h5-8,11-14,16-19,29-30H,3-4,9-10,15,20-22H2,1-2H3. The molecule has 0 aromatic heterocycles. The van der Waals surface area contributed by atoms with Gasteiger partial charge in [-0.1, -0.05) is 67.6 Å². The van der Waals surface area contributed by atoms with Gasteiger partial charge in [0.1, 0.15) is 5.75 Å². The van der Waals surface area contributed by atoms with Gasteiger partial charge in [0.05, 0.1) is 13.2 Å². The van der Waals surface area contributed by atoms with Crippen LogP contribution in [0.3, 0.4) is 0 Å². The van der Waals surface area contributed by atoms with Gasteiger partial charge >= 0.3 is 5.97 Å². The molecular weight excluding hydrogens is 436 g/mol. The molecule has 1 aliphatic carbocycles. The Morgan fingerprint density at radius 3 is 2.11 bits per heavy atom. The van der Waals surface area contributed by atoms with Crippen molar-refractivity contribution >= 4 is 5.97 Å². The zero-order valence-electron chi connectivity index (χ0n) is 20.9. The quantitative estimate of drug-likeness (QED) is 0.199. The van der Waals surface area contributed by atoms with Crippen LogP contribution in [-0.2, 0) is 20.7 Å². The van der Waals surface area contributed by atoms with Crippen LogP contribution in [0.2, 0.25) is 0 Å². The van der Waals surface area contributed by atoms with Gasteiger partial charge in [0, 0.05) is 18.9 Å². The lowest BCUT2D eigenvalue weighted by Crippen LogP contribution is -2.29. The van der Waals surface area contributed by atoms with Crippen LogP contribution in [0.15, 0.2) is 72.8 Å². The first kappa shape index (κ1) is 25.0. The summed E-state index contributed by atoms with van der Waals surface area (Å²) in [5.74, 6) is 1.03. The fourth-order valence-electron chi connectivity index (χ4n) is 4.85. The Morgan fingerprint density at radius 2 is 1.49 bits per heavy atom. The first-order valence-corrected chi connectivity index (χ1v) is 12.9. The van der Waals surface area contributed by atoms with Crippen molar-refractivity contribution in [3.8, 4) is 16.9 Å². The molecule has 0 radical (unpaired) electrons. The molecule has 4 nitrogen and oxygen atoms in total. The third-order valence-corrected chi connectivity index (χ3v) is 6.54. The molecule has 0 amide bonds. The van der Waals surface area contributed by atoms with Gasteiger partial charge in [-0.15, -0.1) is 0 Å². The number of hydrogen-bond acceptors (Lipinski definition) is 4. The van der Waals surface area contributed by atoms with Gasteiger partial charge in [0.25, 0.3) is 0 Å². The van der Waals surface area contributed by atoms with E-state index in [-0.39, 0.29) is 5.97 Å². The maximum absolute atomic E-state index is 12.2. The monoisotopic (exact) mass is 472 g/mol. The zero-order valence-corrected chi connectivity index (χ0v) is 20.9. The number of unbranched alkanes of at least 4 members (excludes halogenated alkanes) is 1. The minimum absolute atomic E-state index is 0.297. The molecule has 0 fully saturated rings. The second-order valence-corrected chi connectivity index (χ2v) is 9.03. The molecule has 0 N–H and O–H groups in total. The van der Waals surface area contributed by atoms with E-state index >= 15 is 0 Å². The summed E-state index contributed by atoms with van der Waals surface area (Å²) >= 11 is 0. The summed E-state index contributed by atoms with van der Waals surface area (Å²) in [4.78, 5) is 12.2. The van der Waals surface area contributed by atoms with E-state index in [1.807, 2.05) is 38.1 Å². The van der Waals surface area contributed by atoms with Crippen LogP contribution in [0.5, 0.6) is 5.75 Å². The third-order valence-electron chi connectivity index (χ3n) is 6.54. The van der Waals surface area contributed by atoms with Crippen LogP contribution >= 0.6 is 0 Å². The Kier molecular flexibility index (Phi) is 8.96. The smallest absolute Gasteiger partial charge is 0.335 e. The second-order valence-electron chi connectivity index (χ2n) is 9.03. The lowest BCUT2D eigenvalue weighted by Gasteiger charge is -2.16. The number of carbonyl (C=O) groups is 1. The minimum atomic E-state index is -0.562. The number of rotatable bonds is 13. The van der Waals surface area contributed by atoms with Crippen molar-refractivity contribution in [2.45, 2.75) is 58.0 Å². The van der Waals surface area contributed by atoms with Crippen molar-refractivity contribution in [3.05, 3.63) is 89.5 Å². The van der Waals surface area contributed by atoms with Crippen molar-refractivity contribution in [3.63, 3.8) is 0 Å². The number of carbonyl (C=O) groups excluding carboxylic acids is 1. The van der Waals surface area contributed by atoms with Crippen LogP contribution in [-0.4, -0.2) is 31.9 Å². The average Bonchev–Trinajstić information content (AvgIpc) is 3.21. The van der Waals surface area contributed by atoms with Gasteiger partial charge in [-0.2, -0.15) is 0 Å². The van der Waals surface area contributed by atoms with Crippen molar-refractivity contribution in [1.82, 2.24) is 0 Å². The molecule has 1 unspecified atom stereocenters. The number of esters is 1. The molecule has 0 spiro atoms. The molecule has 1 atom stereocenters. The van der Waals surface area contributed by atoms with Gasteiger partial charge in [0.15, 0.2) is 6.10 Å². The van der Waals surface area contributed by atoms with Gasteiger partial charge in [-0.3, -0.25) is 0 Å². The molecule has 0 bridgehead atoms. The number of ether oxygens (including phenoxy) is 3. The first-order chi connectivity index (χ1) is 17.2. The van der Waals surface area contributed by atoms with E-state index in [0.29, 0.717) is 32.2 Å². The van der Waals surface area contributed by atoms with Crippen molar-refractivity contribution in [2.24, 2.45) is 0 Å². The lowest BCUT2D eigenvalue weighted by molar-refractivity contribution is -0.156. The molecule has 1 aliphatic rings. The summed E-state index contributed by atoms with van der Waals surface area (Å²) in [5, 5.41) is 0. The highest BCUT2D eigenvalue weighted by Gasteiger charge is 2.27. The fraction of sp³-hybridized carbons (Fsp3) is 0.387. The highest BCUT2D eigenvalue weighted by molar-refractivity contribution is 5.78. The number of hydrogen-bond donors (Lipinski definition) is 0. The molecule has 3 aromatic carbocycles. The molecule has 0 saturated heterocycles. The maximum Gasteiger partial charge on any atom is 0.335 e. The zero-order chi connectivity index (χ0) is 24.5. The summed E-state index contributed by atoms with van der Waals surface area (Å²) in [7, 11) is 0. The molecule has 0 aliphatic heterocycles. The fourth-order valence-corrected chi connectivity index (χ4v) is 4.85. The predicted octanol–water partition coefficient (Wildman–Crippen LogP) is 6.95. The Morgan fingerprint density at radius 1 is 0.829 bits per heavy atom. The molecule has 4 rings (SSSR count). The Balaban J connectivity index is 1.24. The summed E-state index contributed by atoms with van der Waals surface area (Å²) in [5.41, 5.74) is 6.71. The highest BCUT2D eigenvalue weighted by Crippen LogP contribution is 2.46. The summed E-state index contributed by atoms with van der Waals surface area (Å²) in [6.07, 6.45) is 4.06. The third kappa shape index (κ3) is 6.32. The maximum atomic E-state index is 12.2. The van der Waals surface area contributed by atoms with Gasteiger partial charge < -0.3 is 14.2 Å². The van der Waals surface area contributed by atoms with Gasteiger partial charge in [0.2, 0.25) is 0 Å². The molecule has 4 heteroatoms. The highest BCUT2D eigenvalue weighted by atomic mass is 16.6. The molecular formula is C31H36O4. The lowest BCUT2D eigenvalue weighted by atomic mass is 9.92. The van der Waals surface area contributed by atoms with E-state index in [2.05, 4.69) is 48.5 Å². The SMILES string of the molecule is CCCOC(Cc1ccc(OCCCCC2c3ccccc3-c3ccccc32)cc1)C(=O)OCC. The molecule has 3 aromatic rings. The van der Waals surface area contributed by atoms with E-state index in [0.717, 1.165) is 37.0 Å². The number of fused-ring (bicyclic) bond motifs is 3. The predicted molar refractivity (Wildman–Crippen MR) is 140 cm³/mol. The van der Waals surface area contributed by atoms with Gasteiger partial charge in [-0.25, -0.2) is 4.79 Å². The minimum Gasteiger partial charge on any atom is -0.494 e. The van der Waals surface area contributed by atoms with E-state index in [9.17, 15) is 4.79 Å². The van der Waals surface area contributed by atoms with Gasteiger partial charge in [-0.05, 0) is 72.6 Å². The number of benzene rings is 3. The average molecular weight is 473 g/mol. The summed E-state index contributed by atoms with van der Waals surface area (Å²) in [6.45, 7) is 5.44. The van der Waals surface area contributed by atoms with Crippen LogP contribution in [0, 0.1) is 0 Å². The Labute approximate surface area is 209 Å². The van der Waals surface area contributed by atoms with Crippen LogP contribution in [0.1, 0.15) is 62.1 Å². The molecule has 0 saturated carbocycles. The Hall–Kier alpha value is -3.11. The summed E-state index contributed by atoms with van der Waals surface area (Å²) in [6, 6.07) is 25.5. The summed E-state index contributed by atoms with van der Waals surface area (Å²) < 4.78 is 16.9. The first-order valence-electron chi connectivity index (χ1n) is 12.9. The second kappa shape index (κ2) is 12.6. The van der Waals surface area contributed by atoms with Crippen molar-refractivity contribution in [2.75, 3.05) is 19.8 Å². The largest absolute Gasteiger partial charge is 0.494 e. The van der Waals surface area contributed by atoms with Crippen LogP contribution in [0.4, 0.5) is 0 Å². The van der Waals surface area contributed by atoms with Crippen LogP contribution in [0.25, 0.3) is 11.1 Å². The van der Waals surface area contributed by atoms with Crippen molar-refractivity contribution < 1.29 is 19.0 Å². The molecule has 0 heterocycles.